The molecule has 0 aliphatic carbocycles. The van der Waals surface area contributed by atoms with Gasteiger partial charge in [0.25, 0.3) is 0 Å². The number of nitrogens with zero attached hydrogens (tertiary/aromatic N) is 2. The molecule has 0 radical (unpaired) electrons. The van der Waals surface area contributed by atoms with Gasteiger partial charge in [0.2, 0.25) is 0 Å². The minimum absolute atomic E-state index is 0.657. The van der Waals surface area contributed by atoms with Gasteiger partial charge in [0, 0.05) is 36.8 Å². The van der Waals surface area contributed by atoms with Crippen molar-refractivity contribution >= 4 is 16.6 Å². The summed E-state index contributed by atoms with van der Waals surface area (Å²) in [5.41, 5.74) is 0. The maximum absolute atomic E-state index is 4.63. The highest BCUT2D eigenvalue weighted by atomic mass is 15.3. The molecule has 4 rings (SSSR count). The fraction of sp³-hybridized carbons (Fsp3) is 0.400. The third-order valence-electron chi connectivity index (χ3n) is 4.17. The molecule has 92 valence electrons. The van der Waals surface area contributed by atoms with Crippen molar-refractivity contribution in [3.63, 3.8) is 0 Å². The van der Waals surface area contributed by atoms with Crippen LogP contribution in [0.3, 0.4) is 0 Å². The van der Waals surface area contributed by atoms with Crippen LogP contribution < -0.4 is 10.2 Å². The third kappa shape index (κ3) is 1.58. The number of hydrogen-bond donors (Lipinski definition) is 1. The Labute approximate surface area is 107 Å². The number of nitrogens with one attached hydrogen (secondary N) is 1. The van der Waals surface area contributed by atoms with Crippen LogP contribution in [-0.2, 0) is 0 Å². The van der Waals surface area contributed by atoms with Crippen molar-refractivity contribution in [2.75, 3.05) is 18.0 Å². The van der Waals surface area contributed by atoms with Crippen molar-refractivity contribution < 1.29 is 0 Å². The van der Waals surface area contributed by atoms with E-state index in [1.54, 1.807) is 0 Å². The minimum Gasteiger partial charge on any atom is -0.353 e. The lowest BCUT2D eigenvalue weighted by Gasteiger charge is -2.34. The van der Waals surface area contributed by atoms with E-state index in [1.807, 2.05) is 6.20 Å². The maximum Gasteiger partial charge on any atom is 0.136 e. The topological polar surface area (TPSA) is 28.2 Å². The van der Waals surface area contributed by atoms with Crippen LogP contribution in [0.2, 0.25) is 0 Å². The van der Waals surface area contributed by atoms with E-state index in [4.69, 9.17) is 0 Å². The molecule has 3 heteroatoms. The second-order valence-electron chi connectivity index (χ2n) is 5.40. The molecule has 2 atom stereocenters. The molecule has 18 heavy (non-hydrogen) atoms. The first-order chi connectivity index (χ1) is 8.90. The second-order valence-corrected chi connectivity index (χ2v) is 5.40. The highest BCUT2D eigenvalue weighted by Crippen LogP contribution is 2.29. The molecule has 2 fully saturated rings. The van der Waals surface area contributed by atoms with Crippen molar-refractivity contribution in [2.45, 2.75) is 24.9 Å². The summed E-state index contributed by atoms with van der Waals surface area (Å²) in [6.07, 6.45) is 4.56. The van der Waals surface area contributed by atoms with Gasteiger partial charge in [0.05, 0.1) is 0 Å². The van der Waals surface area contributed by atoms with Gasteiger partial charge >= 0.3 is 0 Å². The van der Waals surface area contributed by atoms with Crippen molar-refractivity contribution in [2.24, 2.45) is 0 Å². The Morgan fingerprint density at radius 3 is 2.67 bits per heavy atom. The number of fused-ring (bicyclic) bond motifs is 3. The molecule has 1 aromatic heterocycles. The van der Waals surface area contributed by atoms with Gasteiger partial charge in [0.15, 0.2) is 0 Å². The van der Waals surface area contributed by atoms with Crippen LogP contribution in [0.1, 0.15) is 12.8 Å². The second kappa shape index (κ2) is 3.95. The summed E-state index contributed by atoms with van der Waals surface area (Å²) < 4.78 is 0. The summed E-state index contributed by atoms with van der Waals surface area (Å²) in [5, 5.41) is 6.23. The zero-order valence-corrected chi connectivity index (χ0v) is 10.3. The Balaban J connectivity index is 1.78. The lowest BCUT2D eigenvalue weighted by Crippen LogP contribution is -2.51. The van der Waals surface area contributed by atoms with Crippen molar-refractivity contribution in [1.82, 2.24) is 10.3 Å². The fourth-order valence-corrected chi connectivity index (χ4v) is 3.33. The third-order valence-corrected chi connectivity index (χ3v) is 4.17. The largest absolute Gasteiger partial charge is 0.353 e. The van der Waals surface area contributed by atoms with Gasteiger partial charge in [-0.1, -0.05) is 24.3 Å². The normalized spacial score (nSPS) is 26.8. The van der Waals surface area contributed by atoms with Crippen LogP contribution in [0.4, 0.5) is 5.82 Å². The van der Waals surface area contributed by atoms with E-state index in [-0.39, 0.29) is 0 Å². The van der Waals surface area contributed by atoms with Gasteiger partial charge in [0.1, 0.15) is 5.82 Å². The van der Waals surface area contributed by atoms with E-state index >= 15 is 0 Å². The Morgan fingerprint density at radius 2 is 1.83 bits per heavy atom. The molecule has 2 unspecified atom stereocenters. The van der Waals surface area contributed by atoms with Gasteiger partial charge in [-0.25, -0.2) is 4.98 Å². The molecule has 0 saturated carbocycles. The standard InChI is InChI=1S/C15H17N3/c1-2-4-14-11(3-1)7-8-16-15(14)18-9-12-5-6-13(10-18)17-12/h1-4,7-8,12-13,17H,5-6,9-10H2. The predicted molar refractivity (Wildman–Crippen MR) is 73.9 cm³/mol. The molecule has 2 aliphatic rings. The van der Waals surface area contributed by atoms with E-state index in [9.17, 15) is 0 Å². The Bertz CT molecular complexity index is 563. The molecule has 3 nitrogen and oxygen atoms in total. The number of anilines is 1. The lowest BCUT2D eigenvalue weighted by molar-refractivity contribution is 0.464. The minimum atomic E-state index is 0.657. The van der Waals surface area contributed by atoms with Gasteiger partial charge in [-0.15, -0.1) is 0 Å². The van der Waals surface area contributed by atoms with Crippen LogP contribution in [0, 0.1) is 0 Å². The molecule has 3 heterocycles. The SMILES string of the molecule is c1ccc2c(N3CC4CCC(C3)N4)nccc2c1. The first kappa shape index (κ1) is 10.3. The van der Waals surface area contributed by atoms with Gasteiger partial charge < -0.3 is 10.2 Å². The quantitative estimate of drug-likeness (QED) is 0.826. The summed E-state index contributed by atoms with van der Waals surface area (Å²) in [4.78, 5) is 7.08. The first-order valence-corrected chi connectivity index (χ1v) is 6.75. The maximum atomic E-state index is 4.63. The van der Waals surface area contributed by atoms with Crippen LogP contribution >= 0.6 is 0 Å². The van der Waals surface area contributed by atoms with Crippen LogP contribution in [0.15, 0.2) is 36.5 Å². The Hall–Kier alpha value is -1.61. The summed E-state index contributed by atoms with van der Waals surface area (Å²) in [5.74, 6) is 1.16. The van der Waals surface area contributed by atoms with E-state index < -0.39 is 0 Å². The fourth-order valence-electron chi connectivity index (χ4n) is 3.33. The lowest BCUT2D eigenvalue weighted by atomic mass is 10.1. The van der Waals surface area contributed by atoms with Crippen molar-refractivity contribution in [3.05, 3.63) is 36.5 Å². The molecule has 2 aromatic rings. The number of hydrogen-bond acceptors (Lipinski definition) is 3. The molecular formula is C15H17N3. The number of piperazine rings is 1. The van der Waals surface area contributed by atoms with Crippen molar-refractivity contribution in [1.29, 1.82) is 0 Å². The number of pyridine rings is 1. The monoisotopic (exact) mass is 239 g/mol. The van der Waals surface area contributed by atoms with Gasteiger partial charge in [-0.2, -0.15) is 0 Å². The molecule has 2 saturated heterocycles. The van der Waals surface area contributed by atoms with Crippen LogP contribution in [0.5, 0.6) is 0 Å². The number of rotatable bonds is 1. The predicted octanol–water partition coefficient (Wildman–Crippen LogP) is 2.18. The van der Waals surface area contributed by atoms with E-state index in [0.717, 1.165) is 18.9 Å². The zero-order chi connectivity index (χ0) is 11.9. The van der Waals surface area contributed by atoms with Crippen molar-refractivity contribution in [3.8, 4) is 0 Å². The Morgan fingerprint density at radius 1 is 1.06 bits per heavy atom. The summed E-state index contributed by atoms with van der Waals surface area (Å²) in [6.45, 7) is 2.19. The number of aromatic nitrogens is 1. The van der Waals surface area contributed by atoms with E-state index in [1.165, 1.54) is 23.6 Å². The summed E-state index contributed by atoms with van der Waals surface area (Å²) in [7, 11) is 0. The number of benzene rings is 1. The van der Waals surface area contributed by atoms with E-state index in [0.29, 0.717) is 12.1 Å². The molecule has 1 N–H and O–H groups in total. The molecule has 0 spiro atoms. The summed E-state index contributed by atoms with van der Waals surface area (Å²) >= 11 is 0. The average molecular weight is 239 g/mol. The molecule has 2 bridgehead atoms. The average Bonchev–Trinajstić information content (AvgIpc) is 2.77. The molecular weight excluding hydrogens is 222 g/mol. The van der Waals surface area contributed by atoms with E-state index in [2.05, 4.69) is 45.5 Å². The molecule has 1 aromatic carbocycles. The molecule has 2 aliphatic heterocycles. The highest BCUT2D eigenvalue weighted by Gasteiger charge is 2.32. The smallest absolute Gasteiger partial charge is 0.136 e. The Kier molecular flexibility index (Phi) is 2.27. The molecule has 0 amide bonds. The van der Waals surface area contributed by atoms with Gasteiger partial charge in [-0.05, 0) is 24.3 Å². The first-order valence-electron chi connectivity index (χ1n) is 6.75. The van der Waals surface area contributed by atoms with Crippen LogP contribution in [0.25, 0.3) is 10.8 Å². The zero-order valence-electron chi connectivity index (χ0n) is 10.3. The van der Waals surface area contributed by atoms with Gasteiger partial charge in [-0.3, -0.25) is 0 Å². The van der Waals surface area contributed by atoms with Crippen LogP contribution in [-0.4, -0.2) is 30.2 Å². The summed E-state index contributed by atoms with van der Waals surface area (Å²) in [6, 6.07) is 11.9. The highest BCUT2D eigenvalue weighted by molar-refractivity contribution is 5.92.